The van der Waals surface area contributed by atoms with E-state index in [2.05, 4.69) is 26.1 Å². The maximum atomic E-state index is 6.19. The second kappa shape index (κ2) is 5.89. The van der Waals surface area contributed by atoms with Crippen molar-refractivity contribution in [2.75, 3.05) is 0 Å². The van der Waals surface area contributed by atoms with Crippen molar-refractivity contribution in [3.8, 4) is 0 Å². The molecule has 106 valence electrons. The minimum atomic E-state index is 0.191. The lowest BCUT2D eigenvalue weighted by Crippen LogP contribution is -2.58. The Morgan fingerprint density at radius 3 is 2.83 bits per heavy atom. The van der Waals surface area contributed by atoms with E-state index in [1.165, 1.54) is 32.1 Å². The fourth-order valence-corrected chi connectivity index (χ4v) is 3.67. The van der Waals surface area contributed by atoms with Gasteiger partial charge in [-0.3, -0.25) is 0 Å². The van der Waals surface area contributed by atoms with Gasteiger partial charge in [0.2, 0.25) is 0 Å². The van der Waals surface area contributed by atoms with E-state index < -0.39 is 0 Å². The molecule has 3 heteroatoms. The molecule has 0 bridgehead atoms. The van der Waals surface area contributed by atoms with Gasteiger partial charge in [-0.2, -0.15) is 0 Å². The van der Waals surface area contributed by atoms with Gasteiger partial charge in [-0.15, -0.1) is 0 Å². The van der Waals surface area contributed by atoms with Gasteiger partial charge in [-0.1, -0.05) is 20.3 Å². The molecule has 2 aliphatic rings. The van der Waals surface area contributed by atoms with Gasteiger partial charge >= 0.3 is 0 Å². The highest BCUT2D eigenvalue weighted by atomic mass is 16.5. The molecule has 5 unspecified atom stereocenters. The first-order valence-corrected chi connectivity index (χ1v) is 7.76. The Labute approximate surface area is 112 Å². The van der Waals surface area contributed by atoms with Gasteiger partial charge in [0.25, 0.3) is 0 Å². The molecule has 0 spiro atoms. The molecule has 0 saturated carbocycles. The zero-order chi connectivity index (χ0) is 13.2. The van der Waals surface area contributed by atoms with Gasteiger partial charge in [0.15, 0.2) is 0 Å². The van der Waals surface area contributed by atoms with Crippen LogP contribution >= 0.6 is 0 Å². The molecule has 2 rings (SSSR count). The van der Waals surface area contributed by atoms with Crippen molar-refractivity contribution in [2.24, 2.45) is 5.73 Å². The van der Waals surface area contributed by atoms with Gasteiger partial charge in [-0.05, 0) is 45.4 Å². The molecule has 3 N–H and O–H groups in total. The van der Waals surface area contributed by atoms with Crippen LogP contribution in [0.1, 0.15) is 65.7 Å². The number of hydrogen-bond donors (Lipinski definition) is 2. The lowest BCUT2D eigenvalue weighted by Gasteiger charge is -2.41. The van der Waals surface area contributed by atoms with Crippen molar-refractivity contribution in [3.05, 3.63) is 0 Å². The summed E-state index contributed by atoms with van der Waals surface area (Å²) in [6.07, 6.45) is 9.08. The highest BCUT2D eigenvalue weighted by Gasteiger charge is 2.47. The second-order valence-electron chi connectivity index (χ2n) is 6.48. The highest BCUT2D eigenvalue weighted by Crippen LogP contribution is 2.39. The topological polar surface area (TPSA) is 47.3 Å². The molecule has 18 heavy (non-hydrogen) atoms. The van der Waals surface area contributed by atoms with Crippen LogP contribution < -0.4 is 11.1 Å². The highest BCUT2D eigenvalue weighted by molar-refractivity contribution is 5.04. The fraction of sp³-hybridized carbons (Fsp3) is 1.00. The van der Waals surface area contributed by atoms with Crippen LogP contribution in [0.3, 0.4) is 0 Å². The van der Waals surface area contributed by atoms with Gasteiger partial charge in [0, 0.05) is 17.6 Å². The maximum absolute atomic E-state index is 6.19. The summed E-state index contributed by atoms with van der Waals surface area (Å²) in [5, 5.41) is 3.84. The van der Waals surface area contributed by atoms with Crippen molar-refractivity contribution in [1.29, 1.82) is 0 Å². The SMILES string of the molecule is CCCC1CC2(C)NC(CC(N)CC)CCC2O1. The number of fused-ring (bicyclic) bond motifs is 1. The van der Waals surface area contributed by atoms with Crippen LogP contribution in [0.15, 0.2) is 0 Å². The third-order valence-corrected chi connectivity index (χ3v) is 4.75. The summed E-state index contributed by atoms with van der Waals surface area (Å²) in [5.74, 6) is 0. The van der Waals surface area contributed by atoms with Crippen molar-refractivity contribution in [1.82, 2.24) is 5.32 Å². The first kappa shape index (κ1) is 14.3. The first-order valence-electron chi connectivity index (χ1n) is 7.76. The largest absolute Gasteiger partial charge is 0.373 e. The Morgan fingerprint density at radius 2 is 2.17 bits per heavy atom. The normalized spacial score (nSPS) is 41.7. The summed E-state index contributed by atoms with van der Waals surface area (Å²) in [6, 6.07) is 0.932. The molecule has 2 aliphatic heterocycles. The Balaban J connectivity index is 1.91. The smallest absolute Gasteiger partial charge is 0.0759 e. The second-order valence-corrected chi connectivity index (χ2v) is 6.48. The summed E-state index contributed by atoms with van der Waals surface area (Å²) in [5.41, 5.74) is 6.28. The van der Waals surface area contributed by atoms with Crippen LogP contribution in [0, 0.1) is 0 Å². The Hall–Kier alpha value is -0.120. The number of nitrogens with two attached hydrogens (primary N) is 1. The van der Waals surface area contributed by atoms with Crippen LogP contribution in [0.5, 0.6) is 0 Å². The van der Waals surface area contributed by atoms with Crippen LogP contribution in [-0.4, -0.2) is 29.8 Å². The lowest BCUT2D eigenvalue weighted by molar-refractivity contribution is -0.00141. The Kier molecular flexibility index (Phi) is 4.68. The van der Waals surface area contributed by atoms with Crippen molar-refractivity contribution in [3.63, 3.8) is 0 Å². The van der Waals surface area contributed by atoms with Crippen molar-refractivity contribution < 1.29 is 4.74 Å². The molecule has 0 aromatic carbocycles. The summed E-state index contributed by atoms with van der Waals surface area (Å²) in [7, 11) is 0. The molecule has 5 atom stereocenters. The third kappa shape index (κ3) is 3.06. The van der Waals surface area contributed by atoms with E-state index in [4.69, 9.17) is 10.5 Å². The predicted molar refractivity (Wildman–Crippen MR) is 75.6 cm³/mol. The van der Waals surface area contributed by atoms with Crippen molar-refractivity contribution >= 4 is 0 Å². The van der Waals surface area contributed by atoms with Gasteiger partial charge in [-0.25, -0.2) is 0 Å². The molecule has 0 aromatic rings. The molecular weight excluding hydrogens is 224 g/mol. The Bertz CT molecular complexity index is 271. The summed E-state index contributed by atoms with van der Waals surface area (Å²) in [4.78, 5) is 0. The molecular formula is C15H30N2O. The van der Waals surface area contributed by atoms with Crippen molar-refractivity contribution in [2.45, 2.75) is 95.5 Å². The monoisotopic (exact) mass is 254 g/mol. The molecule has 0 radical (unpaired) electrons. The number of rotatable bonds is 5. The molecule has 0 aliphatic carbocycles. The first-order chi connectivity index (χ1) is 8.57. The summed E-state index contributed by atoms with van der Waals surface area (Å²) >= 11 is 0. The summed E-state index contributed by atoms with van der Waals surface area (Å²) in [6.45, 7) is 6.76. The number of nitrogens with one attached hydrogen (secondary N) is 1. The number of hydrogen-bond acceptors (Lipinski definition) is 3. The molecule has 2 heterocycles. The minimum absolute atomic E-state index is 0.191. The van der Waals surface area contributed by atoms with E-state index >= 15 is 0 Å². The fourth-order valence-electron chi connectivity index (χ4n) is 3.67. The quantitative estimate of drug-likeness (QED) is 0.793. The van der Waals surface area contributed by atoms with E-state index in [0.29, 0.717) is 24.3 Å². The lowest BCUT2D eigenvalue weighted by atomic mass is 9.81. The summed E-state index contributed by atoms with van der Waals surface area (Å²) < 4.78 is 6.19. The van der Waals surface area contributed by atoms with Crippen LogP contribution in [0.2, 0.25) is 0 Å². The maximum Gasteiger partial charge on any atom is 0.0759 e. The minimum Gasteiger partial charge on any atom is -0.373 e. The average Bonchev–Trinajstić information content (AvgIpc) is 2.64. The zero-order valence-electron chi connectivity index (χ0n) is 12.2. The predicted octanol–water partition coefficient (Wildman–Crippen LogP) is 2.58. The van der Waals surface area contributed by atoms with Gasteiger partial charge < -0.3 is 15.8 Å². The molecule has 0 aromatic heterocycles. The van der Waals surface area contributed by atoms with E-state index in [9.17, 15) is 0 Å². The third-order valence-electron chi connectivity index (χ3n) is 4.75. The molecule has 3 nitrogen and oxygen atoms in total. The van der Waals surface area contributed by atoms with Crippen LogP contribution in [-0.2, 0) is 4.74 Å². The van der Waals surface area contributed by atoms with Crippen LogP contribution in [0.25, 0.3) is 0 Å². The molecule has 2 saturated heterocycles. The molecule has 2 fully saturated rings. The average molecular weight is 254 g/mol. The van der Waals surface area contributed by atoms with E-state index in [1.807, 2.05) is 0 Å². The van der Waals surface area contributed by atoms with E-state index in [1.54, 1.807) is 0 Å². The van der Waals surface area contributed by atoms with E-state index in [0.717, 1.165) is 12.8 Å². The standard InChI is InChI=1S/C15H30N2O/c1-4-6-13-10-15(3)14(18-13)8-7-12(17-15)9-11(16)5-2/h11-14,17H,4-10,16H2,1-3H3. The van der Waals surface area contributed by atoms with E-state index in [-0.39, 0.29) is 5.54 Å². The zero-order valence-corrected chi connectivity index (χ0v) is 12.2. The molecule has 0 amide bonds. The van der Waals surface area contributed by atoms with Crippen LogP contribution in [0.4, 0.5) is 0 Å². The number of ether oxygens (including phenoxy) is 1. The van der Waals surface area contributed by atoms with Gasteiger partial charge in [0.1, 0.15) is 0 Å². The van der Waals surface area contributed by atoms with Gasteiger partial charge in [0.05, 0.1) is 12.2 Å². The Morgan fingerprint density at radius 1 is 1.39 bits per heavy atom. The number of piperidine rings is 1.